The van der Waals surface area contributed by atoms with Crippen molar-refractivity contribution in [2.45, 2.75) is 40.5 Å². The van der Waals surface area contributed by atoms with Crippen molar-refractivity contribution in [3.05, 3.63) is 59.7 Å². The van der Waals surface area contributed by atoms with Crippen LogP contribution in [0.2, 0.25) is 0 Å². The maximum atomic E-state index is 5.84. The Morgan fingerprint density at radius 1 is 0.583 bits per heavy atom. The van der Waals surface area contributed by atoms with Crippen molar-refractivity contribution >= 4 is 0 Å². The van der Waals surface area contributed by atoms with Gasteiger partial charge < -0.3 is 11.5 Å². The molecule has 0 unspecified atom stereocenters. The molecule has 0 atom stereocenters. The maximum absolute atomic E-state index is 5.84. The van der Waals surface area contributed by atoms with E-state index < -0.39 is 0 Å². The van der Waals surface area contributed by atoms with Gasteiger partial charge in [0.05, 0.1) is 0 Å². The Balaban J connectivity index is 2.09. The van der Waals surface area contributed by atoms with Crippen LogP contribution >= 0.6 is 0 Å². The molecular formula is C22H32N2. The molecule has 0 aliphatic heterocycles. The minimum atomic E-state index is 0.152. The molecule has 0 heterocycles. The zero-order valence-corrected chi connectivity index (χ0v) is 15.6. The molecule has 0 saturated heterocycles. The number of hydrogen-bond acceptors (Lipinski definition) is 2. The molecule has 0 aromatic heterocycles. The molecule has 2 aromatic rings. The van der Waals surface area contributed by atoms with Gasteiger partial charge in [-0.2, -0.15) is 0 Å². The number of nitrogens with two attached hydrogens (primary N) is 2. The van der Waals surface area contributed by atoms with Crippen molar-refractivity contribution < 1.29 is 0 Å². The van der Waals surface area contributed by atoms with Gasteiger partial charge in [0.1, 0.15) is 0 Å². The highest BCUT2D eigenvalue weighted by atomic mass is 14.6. The summed E-state index contributed by atoms with van der Waals surface area (Å²) in [7, 11) is 0. The van der Waals surface area contributed by atoms with Gasteiger partial charge in [-0.3, -0.25) is 0 Å². The summed E-state index contributed by atoms with van der Waals surface area (Å²) in [6.45, 7) is 10.3. The Bertz CT molecular complexity index is 577. The molecule has 2 aromatic carbocycles. The minimum Gasteiger partial charge on any atom is -0.330 e. The van der Waals surface area contributed by atoms with Gasteiger partial charge in [-0.25, -0.2) is 0 Å². The van der Waals surface area contributed by atoms with Crippen molar-refractivity contribution in [3.8, 4) is 11.1 Å². The van der Waals surface area contributed by atoms with E-state index in [1.165, 1.54) is 22.3 Å². The molecule has 130 valence electrons. The van der Waals surface area contributed by atoms with E-state index in [1.54, 1.807) is 0 Å². The van der Waals surface area contributed by atoms with Crippen LogP contribution in [0.15, 0.2) is 48.5 Å². The van der Waals surface area contributed by atoms with Crippen LogP contribution < -0.4 is 11.5 Å². The normalized spacial score (nSPS) is 12.4. The van der Waals surface area contributed by atoms with Crippen molar-refractivity contribution in [2.24, 2.45) is 22.3 Å². The highest BCUT2D eigenvalue weighted by Crippen LogP contribution is 2.26. The first kappa shape index (κ1) is 18.7. The van der Waals surface area contributed by atoms with Gasteiger partial charge >= 0.3 is 0 Å². The molecule has 0 spiro atoms. The van der Waals surface area contributed by atoms with Gasteiger partial charge in [0.2, 0.25) is 0 Å². The maximum Gasteiger partial charge on any atom is -0.00226 e. The van der Waals surface area contributed by atoms with E-state index in [2.05, 4.69) is 76.2 Å². The van der Waals surface area contributed by atoms with Crippen LogP contribution in [0.25, 0.3) is 11.1 Å². The van der Waals surface area contributed by atoms with Crippen molar-refractivity contribution in [1.82, 2.24) is 0 Å². The fourth-order valence-corrected chi connectivity index (χ4v) is 2.88. The molecule has 0 radical (unpaired) electrons. The minimum absolute atomic E-state index is 0.152. The summed E-state index contributed by atoms with van der Waals surface area (Å²) in [6, 6.07) is 17.7. The predicted octanol–water partition coefficient (Wildman–Crippen LogP) is 4.41. The first-order chi connectivity index (χ1) is 11.2. The summed E-state index contributed by atoms with van der Waals surface area (Å²) >= 11 is 0. The van der Waals surface area contributed by atoms with Gasteiger partial charge in [0.15, 0.2) is 0 Å². The zero-order chi connectivity index (χ0) is 17.8. The van der Waals surface area contributed by atoms with Crippen LogP contribution in [-0.2, 0) is 12.8 Å². The molecule has 0 saturated carbocycles. The Morgan fingerprint density at radius 2 is 0.875 bits per heavy atom. The van der Waals surface area contributed by atoms with E-state index in [0.717, 1.165) is 12.8 Å². The smallest absolute Gasteiger partial charge is 0.00226 e. The van der Waals surface area contributed by atoms with Gasteiger partial charge in [-0.15, -0.1) is 0 Å². The number of hydrogen-bond donors (Lipinski definition) is 2. The Kier molecular flexibility index (Phi) is 5.84. The second kappa shape index (κ2) is 7.50. The highest BCUT2D eigenvalue weighted by Gasteiger charge is 2.17. The Morgan fingerprint density at radius 3 is 1.12 bits per heavy atom. The fraction of sp³-hybridized carbons (Fsp3) is 0.455. The summed E-state index contributed by atoms with van der Waals surface area (Å²) in [4.78, 5) is 0. The van der Waals surface area contributed by atoms with Crippen molar-refractivity contribution in [3.63, 3.8) is 0 Å². The van der Waals surface area contributed by atoms with Crippen LogP contribution in [0.5, 0.6) is 0 Å². The largest absolute Gasteiger partial charge is 0.330 e. The van der Waals surface area contributed by atoms with Gasteiger partial charge in [0, 0.05) is 0 Å². The molecular weight excluding hydrogens is 292 g/mol. The topological polar surface area (TPSA) is 52.0 Å². The van der Waals surface area contributed by atoms with E-state index in [1.807, 2.05) is 0 Å². The molecule has 2 heteroatoms. The van der Waals surface area contributed by atoms with Gasteiger partial charge in [-0.1, -0.05) is 76.2 Å². The lowest BCUT2D eigenvalue weighted by atomic mass is 9.85. The first-order valence-corrected chi connectivity index (χ1v) is 8.83. The van der Waals surface area contributed by atoms with Gasteiger partial charge in [0.25, 0.3) is 0 Å². The number of benzene rings is 2. The second-order valence-electron chi connectivity index (χ2n) is 8.48. The van der Waals surface area contributed by atoms with Crippen LogP contribution in [0.4, 0.5) is 0 Å². The summed E-state index contributed by atoms with van der Waals surface area (Å²) in [5, 5.41) is 0. The SMILES string of the molecule is CC(C)(CN)Cc1ccc(-c2ccc(CC(C)(C)CN)cc2)cc1. The second-order valence-corrected chi connectivity index (χ2v) is 8.48. The number of rotatable bonds is 7. The molecule has 2 rings (SSSR count). The third kappa shape index (κ3) is 5.19. The molecule has 0 bridgehead atoms. The third-order valence-electron chi connectivity index (χ3n) is 4.71. The highest BCUT2D eigenvalue weighted by molar-refractivity contribution is 5.64. The Labute approximate surface area is 147 Å². The van der Waals surface area contributed by atoms with E-state index in [-0.39, 0.29) is 10.8 Å². The van der Waals surface area contributed by atoms with E-state index in [4.69, 9.17) is 11.5 Å². The molecule has 0 aliphatic rings. The molecule has 24 heavy (non-hydrogen) atoms. The van der Waals surface area contributed by atoms with E-state index in [9.17, 15) is 0 Å². The van der Waals surface area contributed by atoms with Crippen LogP contribution in [-0.4, -0.2) is 13.1 Å². The third-order valence-corrected chi connectivity index (χ3v) is 4.71. The summed E-state index contributed by atoms with van der Waals surface area (Å²) in [6.07, 6.45) is 2.02. The van der Waals surface area contributed by atoms with Crippen LogP contribution in [0, 0.1) is 10.8 Å². The summed E-state index contributed by atoms with van der Waals surface area (Å²) in [5.74, 6) is 0. The predicted molar refractivity (Wildman–Crippen MR) is 105 cm³/mol. The molecule has 2 nitrogen and oxygen atoms in total. The standard InChI is InChI=1S/C22H32N2/c1-21(2,15-23)13-17-5-9-19(10-6-17)20-11-7-18(8-12-20)14-22(3,4)16-24/h5-12H,13-16,23-24H2,1-4H3. The monoisotopic (exact) mass is 324 g/mol. The lowest BCUT2D eigenvalue weighted by Gasteiger charge is -2.22. The van der Waals surface area contributed by atoms with E-state index in [0.29, 0.717) is 13.1 Å². The quantitative estimate of drug-likeness (QED) is 0.792. The summed E-state index contributed by atoms with van der Waals surface area (Å²) < 4.78 is 0. The van der Waals surface area contributed by atoms with Crippen molar-refractivity contribution in [1.29, 1.82) is 0 Å². The molecule has 0 aliphatic carbocycles. The lowest BCUT2D eigenvalue weighted by Crippen LogP contribution is -2.25. The molecule has 0 amide bonds. The Hall–Kier alpha value is -1.64. The van der Waals surface area contributed by atoms with Crippen LogP contribution in [0.1, 0.15) is 38.8 Å². The van der Waals surface area contributed by atoms with E-state index >= 15 is 0 Å². The average molecular weight is 325 g/mol. The summed E-state index contributed by atoms with van der Waals surface area (Å²) in [5.41, 5.74) is 17.2. The van der Waals surface area contributed by atoms with Crippen LogP contribution in [0.3, 0.4) is 0 Å². The fourth-order valence-electron chi connectivity index (χ4n) is 2.88. The first-order valence-electron chi connectivity index (χ1n) is 8.83. The zero-order valence-electron chi connectivity index (χ0n) is 15.6. The van der Waals surface area contributed by atoms with Gasteiger partial charge in [-0.05, 0) is 59.0 Å². The average Bonchev–Trinajstić information content (AvgIpc) is 2.56. The molecule has 0 fully saturated rings. The molecule has 4 N–H and O–H groups in total. The lowest BCUT2D eigenvalue weighted by molar-refractivity contribution is 0.376. The van der Waals surface area contributed by atoms with Crippen molar-refractivity contribution in [2.75, 3.05) is 13.1 Å².